The first-order valence-corrected chi connectivity index (χ1v) is 8.28. The second-order valence-corrected chi connectivity index (χ2v) is 6.85. The third-order valence-electron chi connectivity index (χ3n) is 4.99. The van der Waals surface area contributed by atoms with Crippen molar-refractivity contribution >= 4 is 11.6 Å². The van der Waals surface area contributed by atoms with Crippen molar-refractivity contribution in [3.8, 4) is 5.75 Å². The van der Waals surface area contributed by atoms with Crippen molar-refractivity contribution in [2.75, 3.05) is 18.1 Å². The summed E-state index contributed by atoms with van der Waals surface area (Å²) >= 11 is 0. The molecule has 0 radical (unpaired) electrons. The molecule has 0 aromatic heterocycles. The lowest BCUT2D eigenvalue weighted by Crippen LogP contribution is -2.43. The number of nitrogens with zero attached hydrogens (tertiary/aromatic N) is 1. The standard InChI is InChI=1S/C20H21NO2/c1-14(2)11-12-21-17-9-5-3-7-15(17)20(19(21)22)13-23-18-10-6-4-8-16(18)20/h3-10,14H,11-13H2,1-2H3. The zero-order valence-corrected chi connectivity index (χ0v) is 13.6. The molecule has 2 aromatic carbocycles. The Labute approximate surface area is 136 Å². The van der Waals surface area contributed by atoms with E-state index in [0.29, 0.717) is 12.5 Å². The van der Waals surface area contributed by atoms with Crippen LogP contribution in [0.2, 0.25) is 0 Å². The van der Waals surface area contributed by atoms with Crippen LogP contribution in [0.3, 0.4) is 0 Å². The average Bonchev–Trinajstić information content (AvgIpc) is 3.06. The van der Waals surface area contributed by atoms with E-state index in [4.69, 9.17) is 4.74 Å². The van der Waals surface area contributed by atoms with Crippen molar-refractivity contribution in [3.63, 3.8) is 0 Å². The van der Waals surface area contributed by atoms with Gasteiger partial charge in [0.15, 0.2) is 0 Å². The van der Waals surface area contributed by atoms with E-state index in [2.05, 4.69) is 26.0 Å². The van der Waals surface area contributed by atoms with Crippen molar-refractivity contribution in [2.45, 2.75) is 25.7 Å². The maximum Gasteiger partial charge on any atom is 0.245 e. The van der Waals surface area contributed by atoms with Gasteiger partial charge in [-0.05, 0) is 30.0 Å². The van der Waals surface area contributed by atoms with Gasteiger partial charge in [0.2, 0.25) is 5.91 Å². The van der Waals surface area contributed by atoms with Gasteiger partial charge in [0.25, 0.3) is 0 Å². The van der Waals surface area contributed by atoms with Crippen LogP contribution in [0.25, 0.3) is 0 Å². The maximum atomic E-state index is 13.4. The summed E-state index contributed by atoms with van der Waals surface area (Å²) in [7, 11) is 0. The topological polar surface area (TPSA) is 29.5 Å². The Morgan fingerprint density at radius 3 is 2.57 bits per heavy atom. The summed E-state index contributed by atoms with van der Waals surface area (Å²) in [4.78, 5) is 15.4. The number of amides is 1. The van der Waals surface area contributed by atoms with Gasteiger partial charge in [-0.25, -0.2) is 0 Å². The summed E-state index contributed by atoms with van der Waals surface area (Å²) in [5.41, 5.74) is 2.46. The lowest BCUT2D eigenvalue weighted by Gasteiger charge is -2.23. The van der Waals surface area contributed by atoms with E-state index in [0.717, 1.165) is 35.5 Å². The highest BCUT2D eigenvalue weighted by atomic mass is 16.5. The van der Waals surface area contributed by atoms with Gasteiger partial charge in [0, 0.05) is 17.8 Å². The van der Waals surface area contributed by atoms with Crippen LogP contribution in [0.1, 0.15) is 31.4 Å². The lowest BCUT2D eigenvalue weighted by atomic mass is 9.77. The predicted octanol–water partition coefficient (Wildman–Crippen LogP) is 3.76. The minimum absolute atomic E-state index is 0.157. The molecule has 4 rings (SSSR count). The summed E-state index contributed by atoms with van der Waals surface area (Å²) in [6.07, 6.45) is 0.999. The van der Waals surface area contributed by atoms with Crippen LogP contribution in [-0.2, 0) is 10.2 Å². The minimum atomic E-state index is -0.663. The average molecular weight is 307 g/mol. The molecule has 2 aromatic rings. The van der Waals surface area contributed by atoms with Crippen molar-refractivity contribution < 1.29 is 9.53 Å². The molecular weight excluding hydrogens is 286 g/mol. The van der Waals surface area contributed by atoms with E-state index >= 15 is 0 Å². The van der Waals surface area contributed by atoms with Gasteiger partial charge in [-0.3, -0.25) is 4.79 Å². The Hall–Kier alpha value is -2.29. The highest BCUT2D eigenvalue weighted by molar-refractivity contribution is 6.11. The normalized spacial score (nSPS) is 21.7. The number of ether oxygens (including phenoxy) is 1. The molecule has 2 aliphatic heterocycles. The van der Waals surface area contributed by atoms with Gasteiger partial charge in [-0.2, -0.15) is 0 Å². The van der Waals surface area contributed by atoms with Crippen LogP contribution in [0.15, 0.2) is 48.5 Å². The summed E-state index contributed by atoms with van der Waals surface area (Å²) in [6, 6.07) is 16.1. The Morgan fingerprint density at radius 2 is 1.78 bits per heavy atom. The Bertz CT molecular complexity index is 768. The number of fused-ring (bicyclic) bond motifs is 4. The first kappa shape index (κ1) is 14.3. The first-order chi connectivity index (χ1) is 11.1. The monoisotopic (exact) mass is 307 g/mol. The van der Waals surface area contributed by atoms with Crippen molar-refractivity contribution in [2.24, 2.45) is 5.92 Å². The first-order valence-electron chi connectivity index (χ1n) is 8.28. The van der Waals surface area contributed by atoms with Gasteiger partial charge in [-0.1, -0.05) is 50.2 Å². The fourth-order valence-corrected chi connectivity index (χ4v) is 3.74. The number of hydrogen-bond acceptors (Lipinski definition) is 2. The molecule has 23 heavy (non-hydrogen) atoms. The number of benzene rings is 2. The molecule has 0 saturated heterocycles. The third kappa shape index (κ3) is 1.92. The fraction of sp³-hybridized carbons (Fsp3) is 0.350. The van der Waals surface area contributed by atoms with Crippen LogP contribution in [-0.4, -0.2) is 19.1 Å². The molecule has 3 heteroatoms. The summed E-state index contributed by atoms with van der Waals surface area (Å²) in [5, 5.41) is 0. The van der Waals surface area contributed by atoms with Gasteiger partial charge in [-0.15, -0.1) is 0 Å². The van der Waals surface area contributed by atoms with Crippen LogP contribution >= 0.6 is 0 Å². The molecule has 1 amide bonds. The fourth-order valence-electron chi connectivity index (χ4n) is 3.74. The third-order valence-corrected chi connectivity index (χ3v) is 4.99. The number of carbonyl (C=O) groups is 1. The Morgan fingerprint density at radius 1 is 1.09 bits per heavy atom. The van der Waals surface area contributed by atoms with Gasteiger partial charge in [0.1, 0.15) is 17.8 Å². The summed E-state index contributed by atoms with van der Waals surface area (Å²) in [5.74, 6) is 1.56. The molecule has 1 unspecified atom stereocenters. The van der Waals surface area contributed by atoms with Gasteiger partial charge >= 0.3 is 0 Å². The number of carbonyl (C=O) groups excluding carboxylic acids is 1. The van der Waals surface area contributed by atoms with Crippen molar-refractivity contribution in [1.82, 2.24) is 0 Å². The van der Waals surface area contributed by atoms with E-state index < -0.39 is 5.41 Å². The van der Waals surface area contributed by atoms with E-state index in [1.165, 1.54) is 0 Å². The predicted molar refractivity (Wildman–Crippen MR) is 91.0 cm³/mol. The lowest BCUT2D eigenvalue weighted by molar-refractivity contribution is -0.122. The van der Waals surface area contributed by atoms with Crippen molar-refractivity contribution in [3.05, 3.63) is 59.7 Å². The van der Waals surface area contributed by atoms with Crippen LogP contribution in [0.5, 0.6) is 5.75 Å². The largest absolute Gasteiger partial charge is 0.491 e. The number of para-hydroxylation sites is 2. The maximum absolute atomic E-state index is 13.4. The highest BCUT2D eigenvalue weighted by Gasteiger charge is 2.56. The SMILES string of the molecule is CC(C)CCN1C(=O)C2(COc3ccccc32)c2ccccc21. The van der Waals surface area contributed by atoms with Gasteiger partial charge < -0.3 is 9.64 Å². The number of hydrogen-bond donors (Lipinski definition) is 0. The van der Waals surface area contributed by atoms with E-state index in [1.807, 2.05) is 41.3 Å². The Kier molecular flexibility index (Phi) is 3.19. The second-order valence-electron chi connectivity index (χ2n) is 6.85. The molecule has 0 saturated carbocycles. The van der Waals surface area contributed by atoms with Gasteiger partial charge in [0.05, 0.1) is 0 Å². The van der Waals surface area contributed by atoms with Crippen molar-refractivity contribution in [1.29, 1.82) is 0 Å². The van der Waals surface area contributed by atoms with E-state index in [1.54, 1.807) is 0 Å². The molecule has 0 bridgehead atoms. The number of anilines is 1. The molecule has 118 valence electrons. The van der Waals surface area contributed by atoms with Crippen LogP contribution in [0, 0.1) is 5.92 Å². The summed E-state index contributed by atoms with van der Waals surface area (Å²) in [6.45, 7) is 5.55. The van der Waals surface area contributed by atoms with Crippen LogP contribution < -0.4 is 9.64 Å². The highest BCUT2D eigenvalue weighted by Crippen LogP contribution is 2.52. The zero-order chi connectivity index (χ0) is 16.0. The molecule has 0 N–H and O–H groups in total. The quantitative estimate of drug-likeness (QED) is 0.864. The molecule has 2 aliphatic rings. The second kappa shape index (κ2) is 5.12. The molecule has 0 fully saturated rings. The molecule has 3 nitrogen and oxygen atoms in total. The minimum Gasteiger partial charge on any atom is -0.491 e. The molecule has 1 spiro atoms. The molecular formula is C20H21NO2. The molecule has 2 heterocycles. The molecule has 0 aliphatic carbocycles. The Balaban J connectivity index is 1.85. The summed E-state index contributed by atoms with van der Waals surface area (Å²) < 4.78 is 5.89. The number of rotatable bonds is 3. The van der Waals surface area contributed by atoms with E-state index in [9.17, 15) is 4.79 Å². The zero-order valence-electron chi connectivity index (χ0n) is 13.6. The van der Waals surface area contributed by atoms with E-state index in [-0.39, 0.29) is 5.91 Å². The molecule has 1 atom stereocenters. The smallest absolute Gasteiger partial charge is 0.245 e. The van der Waals surface area contributed by atoms with Crippen LogP contribution in [0.4, 0.5) is 5.69 Å².